The van der Waals surface area contributed by atoms with E-state index in [9.17, 15) is 9.59 Å². The minimum atomic E-state index is -0.157. The maximum absolute atomic E-state index is 13.1. The number of H-pyrrole nitrogens is 1. The van der Waals surface area contributed by atoms with Gasteiger partial charge in [0.05, 0.1) is 5.69 Å². The number of carbonyl (C=O) groups is 2. The minimum Gasteiger partial charge on any atom is -0.350 e. The Balaban J connectivity index is 1.66. The summed E-state index contributed by atoms with van der Waals surface area (Å²) < 4.78 is 0. The molecule has 1 amide bonds. The highest BCUT2D eigenvalue weighted by Crippen LogP contribution is 2.31. The number of hydrogen-bond acceptors (Lipinski definition) is 2. The molecule has 0 aliphatic rings. The number of aromatic nitrogens is 1. The van der Waals surface area contributed by atoms with Gasteiger partial charge in [-0.15, -0.1) is 0 Å². The number of halogens is 1. The number of carbonyl (C=O) groups excluding carboxylic acids is 2. The van der Waals surface area contributed by atoms with Crippen molar-refractivity contribution in [3.63, 3.8) is 0 Å². The first-order valence-electron chi connectivity index (χ1n) is 11.3. The van der Waals surface area contributed by atoms with Crippen molar-refractivity contribution in [2.75, 3.05) is 5.32 Å². The monoisotopic (exact) mass is 438 g/mol. The lowest BCUT2D eigenvalue weighted by Crippen LogP contribution is -2.14. The molecule has 5 heteroatoms. The molecule has 0 atom stereocenters. The number of benzene rings is 2. The molecular formula is C26H31ClN2O2. The maximum atomic E-state index is 13.1. The van der Waals surface area contributed by atoms with Gasteiger partial charge in [-0.05, 0) is 24.6 Å². The first-order valence-corrected chi connectivity index (χ1v) is 11.7. The van der Waals surface area contributed by atoms with E-state index in [4.69, 9.17) is 11.6 Å². The zero-order valence-corrected chi connectivity index (χ0v) is 18.9. The van der Waals surface area contributed by atoms with E-state index in [-0.39, 0.29) is 11.7 Å². The summed E-state index contributed by atoms with van der Waals surface area (Å²) in [6.45, 7) is 2.22. The number of anilines is 1. The highest BCUT2D eigenvalue weighted by molar-refractivity contribution is 6.31. The maximum Gasteiger partial charge on any atom is 0.224 e. The Labute approximate surface area is 189 Å². The van der Waals surface area contributed by atoms with Crippen molar-refractivity contribution < 1.29 is 9.59 Å². The predicted molar refractivity (Wildman–Crippen MR) is 129 cm³/mol. The van der Waals surface area contributed by atoms with E-state index in [2.05, 4.69) is 17.2 Å². The van der Waals surface area contributed by atoms with Crippen LogP contribution < -0.4 is 5.32 Å². The summed E-state index contributed by atoms with van der Waals surface area (Å²) in [5, 5.41) is 4.35. The Hall–Kier alpha value is -2.59. The summed E-state index contributed by atoms with van der Waals surface area (Å²) in [6, 6.07) is 14.4. The SMILES string of the molecule is CCCCCCCCCCC(=O)Nc1c(C(=O)c2ccccc2)[nH]c2cc(Cl)ccc12. The Morgan fingerprint density at radius 3 is 2.29 bits per heavy atom. The number of amides is 1. The molecule has 0 bridgehead atoms. The third-order valence-corrected chi connectivity index (χ3v) is 5.78. The lowest BCUT2D eigenvalue weighted by molar-refractivity contribution is -0.116. The molecule has 0 aliphatic heterocycles. The summed E-state index contributed by atoms with van der Waals surface area (Å²) in [4.78, 5) is 28.9. The molecule has 3 aromatic rings. The van der Waals surface area contributed by atoms with Crippen LogP contribution in [0.1, 0.15) is 80.8 Å². The Morgan fingerprint density at radius 1 is 0.903 bits per heavy atom. The van der Waals surface area contributed by atoms with Crippen LogP contribution in [0.4, 0.5) is 5.69 Å². The largest absolute Gasteiger partial charge is 0.350 e. The number of ketones is 1. The summed E-state index contributed by atoms with van der Waals surface area (Å²) >= 11 is 6.13. The first kappa shape index (κ1) is 23.1. The second kappa shape index (κ2) is 11.7. The van der Waals surface area contributed by atoms with Gasteiger partial charge in [0.25, 0.3) is 0 Å². The fourth-order valence-electron chi connectivity index (χ4n) is 3.83. The fourth-order valence-corrected chi connectivity index (χ4v) is 4.00. The Morgan fingerprint density at radius 2 is 1.58 bits per heavy atom. The lowest BCUT2D eigenvalue weighted by atomic mass is 10.1. The lowest BCUT2D eigenvalue weighted by Gasteiger charge is -2.08. The minimum absolute atomic E-state index is 0.0658. The van der Waals surface area contributed by atoms with Crippen LogP contribution in [-0.4, -0.2) is 16.7 Å². The zero-order chi connectivity index (χ0) is 22.1. The molecule has 0 aliphatic carbocycles. The molecule has 1 heterocycles. The molecule has 2 aromatic carbocycles. The van der Waals surface area contributed by atoms with Gasteiger partial charge in [0.2, 0.25) is 11.7 Å². The normalized spacial score (nSPS) is 11.0. The van der Waals surface area contributed by atoms with Gasteiger partial charge < -0.3 is 10.3 Å². The molecule has 0 spiro atoms. The third-order valence-electron chi connectivity index (χ3n) is 5.55. The molecule has 1 aromatic heterocycles. The smallest absolute Gasteiger partial charge is 0.224 e. The Kier molecular flexibility index (Phi) is 8.72. The van der Waals surface area contributed by atoms with Gasteiger partial charge in [-0.2, -0.15) is 0 Å². The highest BCUT2D eigenvalue weighted by atomic mass is 35.5. The molecule has 4 nitrogen and oxygen atoms in total. The topological polar surface area (TPSA) is 62.0 Å². The second-order valence-electron chi connectivity index (χ2n) is 8.03. The summed E-state index contributed by atoms with van der Waals surface area (Å²) in [5.74, 6) is -0.223. The summed E-state index contributed by atoms with van der Waals surface area (Å²) in [7, 11) is 0. The van der Waals surface area contributed by atoms with Gasteiger partial charge in [0, 0.05) is 27.9 Å². The van der Waals surface area contributed by atoms with Crippen molar-refractivity contribution in [1.82, 2.24) is 4.98 Å². The zero-order valence-electron chi connectivity index (χ0n) is 18.2. The van der Waals surface area contributed by atoms with Crippen LogP contribution >= 0.6 is 11.6 Å². The number of aromatic amines is 1. The number of hydrogen-bond donors (Lipinski definition) is 2. The third kappa shape index (κ3) is 6.44. The standard InChI is InChI=1S/C26H31ClN2O2/c1-2-3-4-5-6-7-8-12-15-23(30)29-24-21-17-16-20(27)18-22(21)28-25(24)26(31)19-13-10-9-11-14-19/h9-11,13-14,16-18,28H,2-8,12,15H2,1H3,(H,29,30). The van der Waals surface area contributed by atoms with Gasteiger partial charge in [-0.3, -0.25) is 9.59 Å². The van der Waals surface area contributed by atoms with Crippen LogP contribution in [0.3, 0.4) is 0 Å². The van der Waals surface area contributed by atoms with Gasteiger partial charge in [-0.25, -0.2) is 0 Å². The summed E-state index contributed by atoms with van der Waals surface area (Å²) in [6.07, 6.45) is 9.92. The van der Waals surface area contributed by atoms with Crippen molar-refractivity contribution in [3.8, 4) is 0 Å². The first-order chi connectivity index (χ1) is 15.1. The molecule has 0 radical (unpaired) electrons. The van der Waals surface area contributed by atoms with Crippen LogP contribution in [0, 0.1) is 0 Å². The van der Waals surface area contributed by atoms with E-state index in [0.717, 1.165) is 23.7 Å². The number of unbranched alkanes of at least 4 members (excludes halogenated alkanes) is 7. The number of fused-ring (bicyclic) bond motifs is 1. The van der Waals surface area contributed by atoms with Crippen molar-refractivity contribution in [1.29, 1.82) is 0 Å². The number of rotatable bonds is 12. The van der Waals surface area contributed by atoms with Crippen molar-refractivity contribution in [3.05, 3.63) is 64.8 Å². The predicted octanol–water partition coefficient (Wildman–Crippen LogP) is 7.52. The van der Waals surface area contributed by atoms with E-state index >= 15 is 0 Å². The van der Waals surface area contributed by atoms with Crippen molar-refractivity contribution in [2.45, 2.75) is 64.7 Å². The van der Waals surface area contributed by atoms with Crippen LogP contribution in [0.5, 0.6) is 0 Å². The average molecular weight is 439 g/mol. The van der Waals surface area contributed by atoms with Crippen molar-refractivity contribution >= 4 is 39.9 Å². The van der Waals surface area contributed by atoms with Gasteiger partial charge in [0.1, 0.15) is 5.69 Å². The van der Waals surface area contributed by atoms with Crippen molar-refractivity contribution in [2.24, 2.45) is 0 Å². The van der Waals surface area contributed by atoms with E-state index < -0.39 is 0 Å². The van der Waals surface area contributed by atoms with Crippen LogP contribution in [0.25, 0.3) is 10.9 Å². The quantitative estimate of drug-likeness (QED) is 0.227. The molecule has 2 N–H and O–H groups in total. The molecule has 3 rings (SSSR count). The average Bonchev–Trinajstić information content (AvgIpc) is 3.12. The molecule has 0 unspecified atom stereocenters. The fraction of sp³-hybridized carbons (Fsp3) is 0.385. The highest BCUT2D eigenvalue weighted by Gasteiger charge is 2.21. The molecule has 164 valence electrons. The molecule has 0 fully saturated rings. The second-order valence-corrected chi connectivity index (χ2v) is 8.47. The van der Waals surface area contributed by atoms with E-state index in [0.29, 0.717) is 28.4 Å². The van der Waals surface area contributed by atoms with E-state index in [1.807, 2.05) is 24.3 Å². The molecule has 0 saturated heterocycles. The van der Waals surface area contributed by atoms with Gasteiger partial charge in [-0.1, -0.05) is 93.8 Å². The molecule has 31 heavy (non-hydrogen) atoms. The molecular weight excluding hydrogens is 408 g/mol. The molecule has 0 saturated carbocycles. The van der Waals surface area contributed by atoms with Crippen LogP contribution in [-0.2, 0) is 4.79 Å². The Bertz CT molecular complexity index is 1010. The van der Waals surface area contributed by atoms with Crippen LogP contribution in [0.2, 0.25) is 5.02 Å². The van der Waals surface area contributed by atoms with E-state index in [1.165, 1.54) is 38.5 Å². The van der Waals surface area contributed by atoms with Crippen LogP contribution in [0.15, 0.2) is 48.5 Å². The number of nitrogens with one attached hydrogen (secondary N) is 2. The van der Waals surface area contributed by atoms with Gasteiger partial charge >= 0.3 is 0 Å². The van der Waals surface area contributed by atoms with E-state index in [1.54, 1.807) is 24.3 Å². The van der Waals surface area contributed by atoms with Gasteiger partial charge in [0.15, 0.2) is 0 Å². The summed E-state index contributed by atoms with van der Waals surface area (Å²) in [5.41, 5.74) is 2.21.